The van der Waals surface area contributed by atoms with Crippen molar-refractivity contribution in [2.45, 2.75) is 19.9 Å². The van der Waals surface area contributed by atoms with E-state index in [1.807, 2.05) is 0 Å². The third-order valence-electron chi connectivity index (χ3n) is 1.88. The largest absolute Gasteiger partial charge is 0.478 e. The monoisotopic (exact) mass is 240 g/mol. The number of carbonyl (C=O) groups excluding carboxylic acids is 1. The molecule has 0 aliphatic rings. The van der Waals surface area contributed by atoms with Crippen LogP contribution in [0.4, 0.5) is 14.9 Å². The maximum atomic E-state index is 13.3. The van der Waals surface area contributed by atoms with Gasteiger partial charge in [0, 0.05) is 11.7 Å². The Morgan fingerprint density at radius 1 is 1.35 bits per heavy atom. The quantitative estimate of drug-likeness (QED) is 0.756. The zero-order valence-electron chi connectivity index (χ0n) is 9.45. The Morgan fingerprint density at radius 3 is 2.47 bits per heavy atom. The fourth-order valence-electron chi connectivity index (χ4n) is 1.20. The van der Waals surface area contributed by atoms with E-state index in [0.717, 1.165) is 12.1 Å². The molecule has 0 bridgehead atoms. The lowest BCUT2D eigenvalue weighted by atomic mass is 10.2. The van der Waals surface area contributed by atoms with Gasteiger partial charge in [0.1, 0.15) is 5.82 Å². The normalized spacial score (nSPS) is 10.1. The van der Waals surface area contributed by atoms with Crippen LogP contribution in [0.2, 0.25) is 0 Å². The van der Waals surface area contributed by atoms with Gasteiger partial charge in [0.05, 0.1) is 5.56 Å². The third kappa shape index (κ3) is 3.75. The zero-order valence-corrected chi connectivity index (χ0v) is 9.45. The van der Waals surface area contributed by atoms with Gasteiger partial charge in [-0.25, -0.2) is 14.0 Å². The Balaban J connectivity index is 2.77. The number of halogens is 1. The average molecular weight is 240 g/mol. The molecule has 1 rings (SSSR count). The number of urea groups is 1. The summed E-state index contributed by atoms with van der Waals surface area (Å²) in [6.07, 6.45) is 0. The van der Waals surface area contributed by atoms with Crippen molar-refractivity contribution < 1.29 is 19.1 Å². The number of anilines is 1. The van der Waals surface area contributed by atoms with Crippen LogP contribution < -0.4 is 10.6 Å². The Hall–Kier alpha value is -2.11. The van der Waals surface area contributed by atoms with Crippen molar-refractivity contribution in [3.05, 3.63) is 29.6 Å². The minimum absolute atomic E-state index is 0.0434. The molecule has 0 aliphatic heterocycles. The smallest absolute Gasteiger partial charge is 0.338 e. The van der Waals surface area contributed by atoms with E-state index >= 15 is 0 Å². The van der Waals surface area contributed by atoms with Crippen molar-refractivity contribution in [3.8, 4) is 0 Å². The van der Waals surface area contributed by atoms with Crippen LogP contribution in [0.25, 0.3) is 0 Å². The second kappa shape index (κ2) is 5.29. The van der Waals surface area contributed by atoms with Crippen LogP contribution in [-0.4, -0.2) is 23.1 Å². The maximum Gasteiger partial charge on any atom is 0.338 e. The molecule has 92 valence electrons. The van der Waals surface area contributed by atoms with Crippen LogP contribution in [0.5, 0.6) is 0 Å². The lowest BCUT2D eigenvalue weighted by molar-refractivity contribution is 0.0692. The van der Waals surface area contributed by atoms with Crippen molar-refractivity contribution >= 4 is 17.7 Å². The molecule has 0 spiro atoms. The second-order valence-corrected chi connectivity index (χ2v) is 3.75. The lowest BCUT2D eigenvalue weighted by Gasteiger charge is -2.10. The molecule has 0 atom stereocenters. The van der Waals surface area contributed by atoms with Crippen molar-refractivity contribution in [3.63, 3.8) is 0 Å². The van der Waals surface area contributed by atoms with E-state index < -0.39 is 23.4 Å². The molecule has 0 aliphatic carbocycles. The van der Waals surface area contributed by atoms with Crippen molar-refractivity contribution in [1.82, 2.24) is 5.32 Å². The number of nitrogens with one attached hydrogen (secondary N) is 2. The SMILES string of the molecule is CC(C)NC(=O)Nc1ccc(C(=O)O)c(F)c1. The summed E-state index contributed by atoms with van der Waals surface area (Å²) in [6.45, 7) is 3.57. The van der Waals surface area contributed by atoms with Crippen LogP contribution in [0.1, 0.15) is 24.2 Å². The van der Waals surface area contributed by atoms with Crippen LogP contribution in [0.15, 0.2) is 18.2 Å². The van der Waals surface area contributed by atoms with Crippen molar-refractivity contribution in [2.24, 2.45) is 0 Å². The molecule has 0 saturated carbocycles. The summed E-state index contributed by atoms with van der Waals surface area (Å²) in [5.41, 5.74) is -0.231. The number of aromatic carboxylic acids is 1. The number of amides is 2. The Bertz CT molecular complexity index is 446. The molecule has 0 unspecified atom stereocenters. The standard InChI is InChI=1S/C11H13FN2O3/c1-6(2)13-11(17)14-7-3-4-8(10(15)16)9(12)5-7/h3-6H,1-2H3,(H,15,16)(H2,13,14,17). The van der Waals surface area contributed by atoms with Crippen molar-refractivity contribution in [2.75, 3.05) is 5.32 Å². The summed E-state index contributed by atoms with van der Waals surface area (Å²) >= 11 is 0. The van der Waals surface area contributed by atoms with E-state index in [1.54, 1.807) is 13.8 Å². The Morgan fingerprint density at radius 2 is 2.00 bits per heavy atom. The Kier molecular flexibility index (Phi) is 4.03. The number of carboxylic acid groups (broad SMARTS) is 1. The summed E-state index contributed by atoms with van der Waals surface area (Å²) in [4.78, 5) is 21.9. The highest BCUT2D eigenvalue weighted by atomic mass is 19.1. The first-order chi connectivity index (χ1) is 7.90. The van der Waals surface area contributed by atoms with E-state index in [0.29, 0.717) is 0 Å². The topological polar surface area (TPSA) is 78.4 Å². The van der Waals surface area contributed by atoms with Gasteiger partial charge in [0.15, 0.2) is 0 Å². The first-order valence-corrected chi connectivity index (χ1v) is 5.00. The lowest BCUT2D eigenvalue weighted by Crippen LogP contribution is -2.34. The van der Waals surface area contributed by atoms with Gasteiger partial charge >= 0.3 is 12.0 Å². The first kappa shape index (κ1) is 13.0. The molecule has 0 heterocycles. The number of rotatable bonds is 3. The number of hydrogen-bond donors (Lipinski definition) is 3. The van der Waals surface area contributed by atoms with Gasteiger partial charge in [-0.15, -0.1) is 0 Å². The molecule has 1 aromatic rings. The minimum Gasteiger partial charge on any atom is -0.478 e. The maximum absolute atomic E-state index is 13.3. The zero-order chi connectivity index (χ0) is 13.0. The van der Waals surface area contributed by atoms with Crippen LogP contribution >= 0.6 is 0 Å². The predicted octanol–water partition coefficient (Wildman–Crippen LogP) is 2.05. The molecule has 0 radical (unpaired) electrons. The molecule has 2 amide bonds. The summed E-state index contributed by atoms with van der Waals surface area (Å²) in [6, 6.07) is 2.87. The van der Waals surface area contributed by atoms with Crippen LogP contribution in [-0.2, 0) is 0 Å². The molecular weight excluding hydrogens is 227 g/mol. The fraction of sp³-hybridized carbons (Fsp3) is 0.273. The Labute approximate surface area is 97.6 Å². The highest BCUT2D eigenvalue weighted by Gasteiger charge is 2.11. The summed E-state index contributed by atoms with van der Waals surface area (Å²) in [5, 5.41) is 13.6. The van der Waals surface area contributed by atoms with Gasteiger partial charge in [-0.2, -0.15) is 0 Å². The molecule has 0 aromatic heterocycles. The van der Waals surface area contributed by atoms with Gasteiger partial charge in [0.2, 0.25) is 0 Å². The number of carbonyl (C=O) groups is 2. The summed E-state index contributed by atoms with van der Waals surface area (Å²) < 4.78 is 13.3. The van der Waals surface area contributed by atoms with Gasteiger partial charge in [-0.1, -0.05) is 0 Å². The van der Waals surface area contributed by atoms with Gasteiger partial charge in [-0.3, -0.25) is 0 Å². The summed E-state index contributed by atoms with van der Waals surface area (Å²) in [7, 11) is 0. The minimum atomic E-state index is -1.35. The third-order valence-corrected chi connectivity index (χ3v) is 1.88. The second-order valence-electron chi connectivity index (χ2n) is 3.75. The highest BCUT2D eigenvalue weighted by Crippen LogP contribution is 2.14. The molecule has 5 nitrogen and oxygen atoms in total. The van der Waals surface area contributed by atoms with E-state index in [9.17, 15) is 14.0 Å². The molecule has 0 fully saturated rings. The summed E-state index contributed by atoms with van der Waals surface area (Å²) in [5.74, 6) is -2.24. The van der Waals surface area contributed by atoms with Crippen LogP contribution in [0, 0.1) is 5.82 Å². The molecule has 17 heavy (non-hydrogen) atoms. The highest BCUT2D eigenvalue weighted by molar-refractivity contribution is 5.91. The predicted molar refractivity (Wildman–Crippen MR) is 60.6 cm³/mol. The van der Waals surface area contributed by atoms with E-state index in [4.69, 9.17) is 5.11 Å². The van der Waals surface area contributed by atoms with Crippen LogP contribution in [0.3, 0.4) is 0 Å². The molecular formula is C11H13FN2O3. The molecule has 1 aromatic carbocycles. The number of carboxylic acids is 1. The van der Waals surface area contributed by atoms with Crippen molar-refractivity contribution in [1.29, 1.82) is 0 Å². The average Bonchev–Trinajstić information content (AvgIpc) is 2.15. The number of benzene rings is 1. The number of hydrogen-bond acceptors (Lipinski definition) is 2. The fourth-order valence-corrected chi connectivity index (χ4v) is 1.20. The molecule has 6 heteroatoms. The molecule has 3 N–H and O–H groups in total. The van der Waals surface area contributed by atoms with Gasteiger partial charge in [-0.05, 0) is 32.0 Å². The molecule has 0 saturated heterocycles. The van der Waals surface area contributed by atoms with E-state index in [1.165, 1.54) is 6.07 Å². The first-order valence-electron chi connectivity index (χ1n) is 5.00. The van der Waals surface area contributed by atoms with E-state index in [2.05, 4.69) is 10.6 Å². The van der Waals surface area contributed by atoms with Gasteiger partial charge in [0.25, 0.3) is 0 Å². The van der Waals surface area contributed by atoms with Gasteiger partial charge < -0.3 is 15.7 Å². The van der Waals surface area contributed by atoms with E-state index in [-0.39, 0.29) is 11.7 Å².